The van der Waals surface area contributed by atoms with Crippen LogP contribution >= 0.6 is 0 Å². The largest absolute Gasteiger partial charge is 0.361 e. The maximum Gasteiger partial charge on any atom is 0.273 e. The molecule has 7 nitrogen and oxygen atoms in total. The summed E-state index contributed by atoms with van der Waals surface area (Å²) in [5.74, 6) is 0.241. The molecule has 0 spiro atoms. The predicted molar refractivity (Wildman–Crippen MR) is 65.7 cm³/mol. The van der Waals surface area contributed by atoms with Crippen molar-refractivity contribution < 1.29 is 17.7 Å². The Kier molecular flexibility index (Phi) is 4.85. The number of aromatic nitrogens is 1. The van der Waals surface area contributed by atoms with Crippen molar-refractivity contribution in [3.63, 3.8) is 0 Å². The summed E-state index contributed by atoms with van der Waals surface area (Å²) in [6.45, 7) is 2.44. The Bertz CT molecular complexity index is 509. The Balaban J connectivity index is 2.29. The van der Waals surface area contributed by atoms with Crippen molar-refractivity contribution in [3.8, 4) is 0 Å². The third-order valence-electron chi connectivity index (χ3n) is 2.36. The van der Waals surface area contributed by atoms with Crippen molar-refractivity contribution >= 4 is 15.9 Å². The molecule has 0 radical (unpaired) electrons. The summed E-state index contributed by atoms with van der Waals surface area (Å²) in [5, 5.41) is 6.21. The lowest BCUT2D eigenvalue weighted by Crippen LogP contribution is -2.31. The van der Waals surface area contributed by atoms with Gasteiger partial charge in [0.1, 0.15) is 5.76 Å². The minimum atomic E-state index is -3.16. The van der Waals surface area contributed by atoms with E-state index >= 15 is 0 Å². The number of carbonyl (C=O) groups is 1. The van der Waals surface area contributed by atoms with Crippen LogP contribution in [0, 0.1) is 6.92 Å². The Labute approximate surface area is 106 Å². The zero-order valence-electron chi connectivity index (χ0n) is 10.6. The van der Waals surface area contributed by atoms with Gasteiger partial charge in [0.05, 0.1) is 6.26 Å². The molecule has 1 heterocycles. The molecule has 1 N–H and O–H groups in total. The fraction of sp³-hybridized carbons (Fsp3) is 0.600. The molecule has 0 aliphatic carbocycles. The zero-order chi connectivity index (χ0) is 13.8. The summed E-state index contributed by atoms with van der Waals surface area (Å²) in [7, 11) is -1.66. The third-order valence-corrected chi connectivity index (χ3v) is 3.68. The van der Waals surface area contributed by atoms with E-state index in [9.17, 15) is 13.2 Å². The molecule has 18 heavy (non-hydrogen) atoms. The number of nitrogens with zero attached hydrogens (tertiary/aromatic N) is 2. The van der Waals surface area contributed by atoms with E-state index in [-0.39, 0.29) is 11.6 Å². The van der Waals surface area contributed by atoms with Crippen molar-refractivity contribution in [1.82, 2.24) is 14.8 Å². The molecule has 0 atom stereocenters. The molecule has 0 bridgehead atoms. The third kappa shape index (κ3) is 4.46. The van der Waals surface area contributed by atoms with E-state index in [4.69, 9.17) is 4.52 Å². The summed E-state index contributed by atoms with van der Waals surface area (Å²) >= 11 is 0. The Morgan fingerprint density at radius 1 is 1.56 bits per heavy atom. The molecular formula is C10H17N3O4S. The van der Waals surface area contributed by atoms with Gasteiger partial charge >= 0.3 is 0 Å². The van der Waals surface area contributed by atoms with Crippen LogP contribution in [0.2, 0.25) is 0 Å². The van der Waals surface area contributed by atoms with Crippen LogP contribution < -0.4 is 5.32 Å². The first kappa shape index (κ1) is 14.7. The van der Waals surface area contributed by atoms with Gasteiger partial charge in [-0.05, 0) is 13.3 Å². The zero-order valence-corrected chi connectivity index (χ0v) is 11.5. The van der Waals surface area contributed by atoms with Crippen molar-refractivity contribution in [2.75, 3.05) is 26.4 Å². The van der Waals surface area contributed by atoms with E-state index in [0.29, 0.717) is 25.3 Å². The number of aryl methyl sites for hydroxylation is 1. The maximum absolute atomic E-state index is 11.5. The molecule has 102 valence electrons. The number of sulfonamides is 1. The molecule has 1 aromatic heterocycles. The first-order valence-corrected chi connectivity index (χ1v) is 7.28. The average Bonchev–Trinajstić information content (AvgIpc) is 2.69. The smallest absolute Gasteiger partial charge is 0.273 e. The first-order valence-electron chi connectivity index (χ1n) is 5.43. The highest BCUT2D eigenvalue weighted by atomic mass is 32.2. The molecule has 1 amide bonds. The van der Waals surface area contributed by atoms with Gasteiger partial charge in [0, 0.05) is 26.2 Å². The van der Waals surface area contributed by atoms with Crippen LogP contribution in [-0.2, 0) is 10.0 Å². The van der Waals surface area contributed by atoms with Gasteiger partial charge < -0.3 is 9.84 Å². The first-order chi connectivity index (χ1) is 8.30. The van der Waals surface area contributed by atoms with E-state index in [1.165, 1.54) is 17.4 Å². The van der Waals surface area contributed by atoms with Crippen LogP contribution in [0.5, 0.6) is 0 Å². The molecule has 0 aliphatic heterocycles. The van der Waals surface area contributed by atoms with Crippen LogP contribution in [0.3, 0.4) is 0 Å². The Morgan fingerprint density at radius 2 is 2.22 bits per heavy atom. The SMILES string of the molecule is Cc1cc(C(=O)NCCCN(C)S(C)(=O)=O)no1. The lowest BCUT2D eigenvalue weighted by molar-refractivity contribution is 0.0944. The fourth-order valence-corrected chi connectivity index (χ4v) is 1.69. The van der Waals surface area contributed by atoms with Crippen LogP contribution in [-0.4, -0.2) is 50.2 Å². The number of amides is 1. The molecule has 1 aromatic rings. The number of hydrogen-bond donors (Lipinski definition) is 1. The number of rotatable bonds is 6. The number of hydrogen-bond acceptors (Lipinski definition) is 5. The van der Waals surface area contributed by atoms with Gasteiger partial charge in [0.2, 0.25) is 10.0 Å². The molecule has 0 saturated heterocycles. The maximum atomic E-state index is 11.5. The predicted octanol–water partition coefficient (Wildman–Crippen LogP) is -0.00568. The van der Waals surface area contributed by atoms with E-state index in [2.05, 4.69) is 10.5 Å². The Hall–Kier alpha value is -1.41. The van der Waals surface area contributed by atoms with Gasteiger partial charge in [-0.1, -0.05) is 5.16 Å². The molecule has 0 saturated carbocycles. The monoisotopic (exact) mass is 275 g/mol. The minimum absolute atomic E-state index is 0.226. The van der Waals surface area contributed by atoms with Crippen molar-refractivity contribution in [1.29, 1.82) is 0 Å². The standard InChI is InChI=1S/C10H17N3O4S/c1-8-7-9(12-17-8)10(14)11-5-4-6-13(2)18(3,15)16/h7H,4-6H2,1-3H3,(H,11,14). The number of carbonyl (C=O) groups excluding carboxylic acids is 1. The highest BCUT2D eigenvalue weighted by molar-refractivity contribution is 7.88. The van der Waals surface area contributed by atoms with E-state index < -0.39 is 10.0 Å². The summed E-state index contributed by atoms with van der Waals surface area (Å²) in [6.07, 6.45) is 1.68. The second kappa shape index (κ2) is 5.96. The summed E-state index contributed by atoms with van der Waals surface area (Å²) in [5.41, 5.74) is 0.226. The van der Waals surface area contributed by atoms with E-state index in [1.807, 2.05) is 0 Å². The fourth-order valence-electron chi connectivity index (χ4n) is 1.23. The molecular weight excluding hydrogens is 258 g/mol. The Morgan fingerprint density at radius 3 is 2.72 bits per heavy atom. The van der Waals surface area contributed by atoms with Gasteiger partial charge in [-0.15, -0.1) is 0 Å². The van der Waals surface area contributed by atoms with E-state index in [0.717, 1.165) is 6.26 Å². The normalized spacial score (nSPS) is 11.8. The quantitative estimate of drug-likeness (QED) is 0.737. The molecule has 1 rings (SSSR count). The van der Waals surface area contributed by atoms with Crippen molar-refractivity contribution in [2.45, 2.75) is 13.3 Å². The highest BCUT2D eigenvalue weighted by Gasteiger charge is 2.12. The topological polar surface area (TPSA) is 92.5 Å². The van der Waals surface area contributed by atoms with Gasteiger partial charge in [0.25, 0.3) is 5.91 Å². The van der Waals surface area contributed by atoms with E-state index in [1.54, 1.807) is 6.92 Å². The number of nitrogens with one attached hydrogen (secondary N) is 1. The summed E-state index contributed by atoms with van der Waals surface area (Å²) < 4.78 is 28.2. The minimum Gasteiger partial charge on any atom is -0.361 e. The average molecular weight is 275 g/mol. The summed E-state index contributed by atoms with van der Waals surface area (Å²) in [4.78, 5) is 11.5. The van der Waals surface area contributed by atoms with Crippen LogP contribution in [0.15, 0.2) is 10.6 Å². The van der Waals surface area contributed by atoms with Crippen LogP contribution in [0.1, 0.15) is 22.7 Å². The van der Waals surface area contributed by atoms with Crippen molar-refractivity contribution in [2.24, 2.45) is 0 Å². The lowest BCUT2D eigenvalue weighted by atomic mass is 10.3. The van der Waals surface area contributed by atoms with Crippen molar-refractivity contribution in [3.05, 3.63) is 17.5 Å². The summed E-state index contributed by atoms with van der Waals surface area (Å²) in [6, 6.07) is 1.54. The van der Waals surface area contributed by atoms with Gasteiger partial charge in [-0.3, -0.25) is 4.79 Å². The second-order valence-electron chi connectivity index (χ2n) is 4.02. The molecule has 0 aliphatic rings. The molecule has 0 fully saturated rings. The van der Waals surface area contributed by atoms with Gasteiger partial charge in [-0.2, -0.15) is 0 Å². The van der Waals surface area contributed by atoms with Crippen LogP contribution in [0.25, 0.3) is 0 Å². The molecule has 0 aromatic carbocycles. The second-order valence-corrected chi connectivity index (χ2v) is 6.11. The molecule has 8 heteroatoms. The highest BCUT2D eigenvalue weighted by Crippen LogP contribution is 2.01. The lowest BCUT2D eigenvalue weighted by Gasteiger charge is -2.13. The van der Waals surface area contributed by atoms with Crippen LogP contribution in [0.4, 0.5) is 0 Å². The molecule has 0 unspecified atom stereocenters. The van der Waals surface area contributed by atoms with Gasteiger partial charge in [0.15, 0.2) is 5.69 Å². The van der Waals surface area contributed by atoms with Gasteiger partial charge in [-0.25, -0.2) is 12.7 Å².